The summed E-state index contributed by atoms with van der Waals surface area (Å²) in [6.07, 6.45) is 6.46. The summed E-state index contributed by atoms with van der Waals surface area (Å²) in [5.74, 6) is -0.563. The van der Waals surface area contributed by atoms with Gasteiger partial charge in [0.25, 0.3) is 0 Å². The van der Waals surface area contributed by atoms with Gasteiger partial charge in [0.2, 0.25) is 5.91 Å². The Morgan fingerprint density at radius 3 is 2.95 bits per heavy atom. The summed E-state index contributed by atoms with van der Waals surface area (Å²) in [6.45, 7) is 0. The Morgan fingerprint density at radius 1 is 1.29 bits per heavy atom. The molecule has 3 aromatic rings. The number of fused-ring (bicyclic) bond motifs is 1. The molecule has 0 saturated carbocycles. The molecule has 1 amide bonds. The van der Waals surface area contributed by atoms with Crippen LogP contribution in [0.15, 0.2) is 55.0 Å². The molecular formula is C15H12N4OS. The Bertz CT molecular complexity index is 854. The van der Waals surface area contributed by atoms with E-state index in [1.54, 1.807) is 18.6 Å². The number of hydrogen-bond acceptors (Lipinski definition) is 4. The number of primary amides is 1. The largest absolute Gasteiger partial charge is 0.366 e. The minimum Gasteiger partial charge on any atom is -0.366 e. The number of carbonyl (C=O) groups is 1. The maximum absolute atomic E-state index is 10.9. The first-order valence-corrected chi connectivity index (χ1v) is 6.68. The Kier molecular flexibility index (Phi) is 3.45. The van der Waals surface area contributed by atoms with Gasteiger partial charge in [-0.2, -0.15) is 5.10 Å². The summed E-state index contributed by atoms with van der Waals surface area (Å²) in [5, 5.41) is 5.62. The second kappa shape index (κ2) is 5.41. The van der Waals surface area contributed by atoms with E-state index >= 15 is 0 Å². The zero-order chi connectivity index (χ0) is 14.8. The molecule has 0 aliphatic carbocycles. The number of rotatable bonds is 3. The molecule has 2 N–H and O–H groups in total. The highest BCUT2D eigenvalue weighted by Gasteiger charge is 2.05. The first-order chi connectivity index (χ1) is 10.1. The summed E-state index contributed by atoms with van der Waals surface area (Å²) in [7, 11) is 0. The van der Waals surface area contributed by atoms with E-state index in [-0.39, 0.29) is 0 Å². The zero-order valence-corrected chi connectivity index (χ0v) is 11.9. The molecule has 2 aromatic heterocycles. The zero-order valence-electron chi connectivity index (χ0n) is 11.0. The van der Waals surface area contributed by atoms with Crippen molar-refractivity contribution in [2.24, 2.45) is 5.73 Å². The molecule has 2 heterocycles. The van der Waals surface area contributed by atoms with E-state index in [9.17, 15) is 4.79 Å². The number of pyridine rings is 1. The molecule has 0 aliphatic rings. The average molecular weight is 296 g/mol. The van der Waals surface area contributed by atoms with Gasteiger partial charge >= 0.3 is 0 Å². The smallest absolute Gasteiger partial charge is 0.244 e. The third kappa shape index (κ3) is 2.80. The van der Waals surface area contributed by atoms with E-state index in [0.29, 0.717) is 5.03 Å². The van der Waals surface area contributed by atoms with Crippen molar-refractivity contribution in [2.45, 2.75) is 0 Å². The quantitative estimate of drug-likeness (QED) is 0.575. The van der Waals surface area contributed by atoms with E-state index in [1.165, 1.54) is 10.8 Å². The molecule has 21 heavy (non-hydrogen) atoms. The Morgan fingerprint density at radius 2 is 2.14 bits per heavy atom. The predicted octanol–water partition coefficient (Wildman–Crippen LogP) is 2.31. The molecule has 0 radical (unpaired) electrons. The minimum atomic E-state index is -0.563. The van der Waals surface area contributed by atoms with Gasteiger partial charge in [-0.25, -0.2) is 4.68 Å². The molecule has 0 aliphatic heterocycles. The van der Waals surface area contributed by atoms with Crippen LogP contribution in [0.4, 0.5) is 0 Å². The number of benzene rings is 1. The van der Waals surface area contributed by atoms with Crippen LogP contribution in [-0.2, 0) is 4.79 Å². The Hall–Kier alpha value is -2.60. The second-order valence-corrected chi connectivity index (χ2v) is 4.95. The number of thiol groups is 1. The van der Waals surface area contributed by atoms with E-state index in [4.69, 9.17) is 5.73 Å². The van der Waals surface area contributed by atoms with Crippen molar-refractivity contribution < 1.29 is 4.79 Å². The highest BCUT2D eigenvalue weighted by Crippen LogP contribution is 2.24. The van der Waals surface area contributed by atoms with Gasteiger partial charge in [0.1, 0.15) is 0 Å². The highest BCUT2D eigenvalue weighted by atomic mass is 32.1. The molecule has 5 nitrogen and oxygen atoms in total. The molecule has 0 fully saturated rings. The maximum atomic E-state index is 10.9. The number of amides is 1. The first kappa shape index (κ1) is 13.4. The second-order valence-electron chi connectivity index (χ2n) is 4.49. The molecule has 0 unspecified atom stereocenters. The van der Waals surface area contributed by atoms with Crippen LogP contribution in [0.2, 0.25) is 0 Å². The van der Waals surface area contributed by atoms with E-state index in [0.717, 1.165) is 22.0 Å². The summed E-state index contributed by atoms with van der Waals surface area (Å²) in [5.41, 5.74) is 7.92. The van der Waals surface area contributed by atoms with Gasteiger partial charge in [-0.05, 0) is 17.7 Å². The molecular weight excluding hydrogens is 284 g/mol. The predicted molar refractivity (Wildman–Crippen MR) is 85.4 cm³/mol. The van der Waals surface area contributed by atoms with Gasteiger partial charge in [-0.15, -0.1) is 12.6 Å². The summed E-state index contributed by atoms with van der Waals surface area (Å²) >= 11 is 4.19. The minimum absolute atomic E-state index is 0.368. The van der Waals surface area contributed by atoms with Crippen molar-refractivity contribution in [3.05, 3.63) is 55.0 Å². The number of aromatic nitrogens is 3. The van der Waals surface area contributed by atoms with Crippen molar-refractivity contribution in [1.82, 2.24) is 14.8 Å². The lowest BCUT2D eigenvalue weighted by molar-refractivity contribution is -0.113. The maximum Gasteiger partial charge on any atom is 0.244 e. The Labute approximate surface area is 126 Å². The van der Waals surface area contributed by atoms with Crippen LogP contribution in [0.1, 0.15) is 0 Å². The number of nitrogens with zero attached hydrogens (tertiary/aromatic N) is 3. The lowest BCUT2D eigenvalue weighted by atomic mass is 10.1. The van der Waals surface area contributed by atoms with E-state index in [2.05, 4.69) is 22.7 Å². The summed E-state index contributed by atoms with van der Waals surface area (Å²) < 4.78 is 1.49. The monoisotopic (exact) mass is 296 g/mol. The van der Waals surface area contributed by atoms with Crippen LogP contribution in [0.5, 0.6) is 0 Å². The molecule has 0 spiro atoms. The lowest BCUT2D eigenvalue weighted by Gasteiger charge is -2.01. The van der Waals surface area contributed by atoms with Crippen LogP contribution in [0.3, 0.4) is 0 Å². The summed E-state index contributed by atoms with van der Waals surface area (Å²) in [6, 6.07) is 9.92. The van der Waals surface area contributed by atoms with Crippen LogP contribution in [0.25, 0.3) is 27.1 Å². The molecule has 0 bridgehead atoms. The third-order valence-electron chi connectivity index (χ3n) is 3.03. The fourth-order valence-electron chi connectivity index (χ4n) is 2.04. The average Bonchev–Trinajstić information content (AvgIpc) is 2.96. The normalized spacial score (nSPS) is 11.8. The van der Waals surface area contributed by atoms with Gasteiger partial charge in [0.15, 0.2) is 0 Å². The standard InChI is InChI=1S/C15H12N4OS/c16-14(20)7-15(21)19-9-12(8-18-19)11-4-3-10-2-1-5-17-13(10)6-11/h1-9,21H,(H2,16,20)/b15-7-. The lowest BCUT2D eigenvalue weighted by Crippen LogP contribution is -2.07. The van der Waals surface area contributed by atoms with E-state index in [1.807, 2.05) is 30.3 Å². The third-order valence-corrected chi connectivity index (χ3v) is 3.36. The van der Waals surface area contributed by atoms with Gasteiger partial charge in [-0.3, -0.25) is 9.78 Å². The molecule has 0 saturated heterocycles. The molecule has 0 atom stereocenters. The number of nitrogens with two attached hydrogens (primary N) is 1. The van der Waals surface area contributed by atoms with Crippen molar-refractivity contribution in [3.8, 4) is 11.1 Å². The van der Waals surface area contributed by atoms with Crippen molar-refractivity contribution in [3.63, 3.8) is 0 Å². The van der Waals surface area contributed by atoms with Crippen LogP contribution in [0, 0.1) is 0 Å². The van der Waals surface area contributed by atoms with Crippen LogP contribution >= 0.6 is 12.6 Å². The first-order valence-electron chi connectivity index (χ1n) is 6.24. The number of hydrogen-bond donors (Lipinski definition) is 2. The molecule has 6 heteroatoms. The van der Waals surface area contributed by atoms with Gasteiger partial charge < -0.3 is 5.73 Å². The van der Waals surface area contributed by atoms with Crippen molar-refractivity contribution >= 4 is 34.5 Å². The fraction of sp³-hybridized carbons (Fsp3) is 0. The van der Waals surface area contributed by atoms with Crippen LogP contribution < -0.4 is 5.73 Å². The highest BCUT2D eigenvalue weighted by molar-refractivity contribution is 7.90. The molecule has 104 valence electrons. The Balaban J connectivity index is 2.00. The van der Waals surface area contributed by atoms with E-state index < -0.39 is 5.91 Å². The van der Waals surface area contributed by atoms with Crippen molar-refractivity contribution in [2.75, 3.05) is 0 Å². The van der Waals surface area contributed by atoms with Crippen LogP contribution in [-0.4, -0.2) is 20.7 Å². The van der Waals surface area contributed by atoms with Crippen molar-refractivity contribution in [1.29, 1.82) is 0 Å². The molecule has 1 aromatic carbocycles. The SMILES string of the molecule is NC(=O)/C=C(\S)n1cc(-c2ccc3cccnc3c2)cn1. The van der Waals surface area contributed by atoms with Gasteiger partial charge in [0.05, 0.1) is 16.7 Å². The van der Waals surface area contributed by atoms with Gasteiger partial charge in [0, 0.05) is 29.4 Å². The fourth-order valence-corrected chi connectivity index (χ4v) is 2.27. The topological polar surface area (TPSA) is 73.8 Å². The number of carbonyl (C=O) groups excluding carboxylic acids is 1. The molecule has 3 rings (SSSR count). The van der Waals surface area contributed by atoms with Gasteiger partial charge in [-0.1, -0.05) is 18.2 Å². The summed E-state index contributed by atoms with van der Waals surface area (Å²) in [4.78, 5) is 15.2.